The molecule has 3 N–H and O–H groups in total. The molecular weight excluding hydrogens is 448 g/mol. The number of rotatable bonds is 7. The fourth-order valence-corrected chi connectivity index (χ4v) is 4.01. The monoisotopic (exact) mass is 476 g/mol. The number of benzene rings is 1. The summed E-state index contributed by atoms with van der Waals surface area (Å²) < 4.78 is 10.9. The molecule has 1 aromatic carbocycles. The number of carbonyl (C=O) groups excluding carboxylic acids is 2. The second-order valence-electron chi connectivity index (χ2n) is 8.33. The van der Waals surface area contributed by atoms with E-state index in [4.69, 9.17) is 20.6 Å². The molecule has 2 unspecified atom stereocenters. The highest BCUT2D eigenvalue weighted by atomic mass is 32.2. The van der Waals surface area contributed by atoms with Crippen molar-refractivity contribution < 1.29 is 24.0 Å². The minimum absolute atomic E-state index is 0.0803. The molecule has 11 heteroatoms. The molecule has 1 aromatic rings. The summed E-state index contributed by atoms with van der Waals surface area (Å²) in [6.07, 6.45) is 0. The van der Waals surface area contributed by atoms with Gasteiger partial charge in [0.05, 0.1) is 22.8 Å². The molecule has 2 rings (SSSR count). The number of nitrogens with zero attached hydrogens (tertiary/aromatic N) is 2. The summed E-state index contributed by atoms with van der Waals surface area (Å²) in [6.45, 7) is 8.53. The molecule has 10 nitrogen and oxygen atoms in total. The number of thioether (sulfide) groups is 1. The van der Waals surface area contributed by atoms with E-state index in [1.807, 2.05) is 0 Å². The van der Waals surface area contributed by atoms with E-state index in [-0.39, 0.29) is 28.8 Å². The van der Waals surface area contributed by atoms with Crippen molar-refractivity contribution in [3.8, 4) is 0 Å². The zero-order chi connectivity index (χ0) is 24.9. The standard InChI is InChI=1S/C22H28N4O6S/c1-6-31-19(27)18-15(11-33-21(23)24)25-12(2)16(20(28)32-22(3,4)5)17(18)13-8-7-9-14(10-13)26(29)30/h7-10,16-17H,6,11H2,1-5H3,(H3,23,24). The van der Waals surface area contributed by atoms with Gasteiger partial charge < -0.3 is 15.2 Å². The number of hydrogen-bond acceptors (Lipinski definition) is 9. The fraction of sp³-hybridized carbons (Fsp3) is 0.455. The van der Waals surface area contributed by atoms with Crippen LogP contribution < -0.4 is 5.73 Å². The summed E-state index contributed by atoms with van der Waals surface area (Å²) >= 11 is 0.968. The number of hydrogen-bond donors (Lipinski definition) is 2. The predicted molar refractivity (Wildman–Crippen MR) is 126 cm³/mol. The molecule has 0 bridgehead atoms. The number of carbonyl (C=O) groups is 2. The first-order valence-corrected chi connectivity index (χ1v) is 11.2. The minimum atomic E-state index is -1.00. The van der Waals surface area contributed by atoms with E-state index in [1.54, 1.807) is 40.7 Å². The molecule has 0 aliphatic carbocycles. The van der Waals surface area contributed by atoms with E-state index in [0.717, 1.165) is 11.8 Å². The lowest BCUT2D eigenvalue weighted by Gasteiger charge is -2.34. The maximum atomic E-state index is 13.3. The van der Waals surface area contributed by atoms with Crippen LogP contribution in [0.5, 0.6) is 0 Å². The van der Waals surface area contributed by atoms with Crippen molar-refractivity contribution in [2.24, 2.45) is 16.6 Å². The van der Waals surface area contributed by atoms with E-state index < -0.39 is 34.3 Å². The van der Waals surface area contributed by atoms with Gasteiger partial charge >= 0.3 is 11.9 Å². The van der Waals surface area contributed by atoms with Crippen molar-refractivity contribution in [1.29, 1.82) is 5.41 Å². The first-order valence-electron chi connectivity index (χ1n) is 10.2. The van der Waals surface area contributed by atoms with Crippen LogP contribution in [0.1, 0.15) is 46.1 Å². The Hall–Kier alpha value is -3.21. The molecular formula is C22H28N4O6S. The van der Waals surface area contributed by atoms with Gasteiger partial charge in [0.1, 0.15) is 11.5 Å². The van der Waals surface area contributed by atoms with Crippen LogP contribution in [0.3, 0.4) is 0 Å². The maximum absolute atomic E-state index is 13.3. The van der Waals surface area contributed by atoms with Gasteiger partial charge in [-0.2, -0.15) is 0 Å². The number of nitro groups is 1. The lowest BCUT2D eigenvalue weighted by molar-refractivity contribution is -0.384. The molecule has 0 radical (unpaired) electrons. The first-order chi connectivity index (χ1) is 15.4. The Bertz CT molecular complexity index is 1030. The number of nitrogens with two attached hydrogens (primary N) is 1. The third-order valence-corrected chi connectivity index (χ3v) is 5.41. The summed E-state index contributed by atoms with van der Waals surface area (Å²) in [5, 5.41) is 18.8. The largest absolute Gasteiger partial charge is 0.463 e. The number of esters is 2. The number of non-ortho nitro benzene ring substituents is 1. The summed E-state index contributed by atoms with van der Waals surface area (Å²) in [4.78, 5) is 41.7. The lowest BCUT2D eigenvalue weighted by Crippen LogP contribution is -2.39. The Kier molecular flexibility index (Phi) is 8.37. The van der Waals surface area contributed by atoms with Crippen molar-refractivity contribution in [1.82, 2.24) is 0 Å². The van der Waals surface area contributed by atoms with Gasteiger partial charge in [0.15, 0.2) is 5.17 Å². The Balaban J connectivity index is 2.76. The predicted octanol–water partition coefficient (Wildman–Crippen LogP) is 3.55. The van der Waals surface area contributed by atoms with Gasteiger partial charge in [-0.25, -0.2) is 4.79 Å². The first kappa shape index (κ1) is 26.0. The Labute approximate surface area is 196 Å². The number of nitrogens with one attached hydrogen (secondary N) is 1. The summed E-state index contributed by atoms with van der Waals surface area (Å²) in [5.41, 5.74) is 5.64. The topological polar surface area (TPSA) is 158 Å². The van der Waals surface area contributed by atoms with Gasteiger partial charge in [-0.15, -0.1) is 0 Å². The molecule has 178 valence electrons. The van der Waals surface area contributed by atoms with E-state index in [1.165, 1.54) is 18.2 Å². The van der Waals surface area contributed by atoms with Crippen LogP contribution in [0.2, 0.25) is 0 Å². The lowest BCUT2D eigenvalue weighted by atomic mass is 9.75. The van der Waals surface area contributed by atoms with E-state index >= 15 is 0 Å². The van der Waals surface area contributed by atoms with Crippen LogP contribution in [0.4, 0.5) is 5.69 Å². The highest BCUT2D eigenvalue weighted by Gasteiger charge is 2.44. The zero-order valence-electron chi connectivity index (χ0n) is 19.2. The molecule has 1 heterocycles. The number of amidine groups is 1. The van der Waals surface area contributed by atoms with Gasteiger partial charge in [0.25, 0.3) is 5.69 Å². The van der Waals surface area contributed by atoms with E-state index in [9.17, 15) is 19.7 Å². The van der Waals surface area contributed by atoms with Crippen molar-refractivity contribution in [3.05, 3.63) is 51.2 Å². The van der Waals surface area contributed by atoms with Crippen LogP contribution in [0, 0.1) is 21.4 Å². The quantitative estimate of drug-likeness (QED) is 0.199. The Morgan fingerprint density at radius 1 is 1.33 bits per heavy atom. The second kappa shape index (κ2) is 10.6. The van der Waals surface area contributed by atoms with Gasteiger partial charge in [0.2, 0.25) is 0 Å². The molecule has 1 aliphatic heterocycles. The molecule has 0 amide bonds. The molecule has 0 spiro atoms. The Morgan fingerprint density at radius 2 is 2.00 bits per heavy atom. The number of nitro benzene ring substituents is 1. The average molecular weight is 477 g/mol. The summed E-state index contributed by atoms with van der Waals surface area (Å²) in [7, 11) is 0. The highest BCUT2D eigenvalue weighted by Crippen LogP contribution is 2.42. The smallest absolute Gasteiger partial charge is 0.336 e. The van der Waals surface area contributed by atoms with Gasteiger partial charge in [0, 0.05) is 29.5 Å². The van der Waals surface area contributed by atoms with Gasteiger partial charge in [-0.3, -0.25) is 25.3 Å². The molecule has 33 heavy (non-hydrogen) atoms. The molecule has 0 aromatic heterocycles. The minimum Gasteiger partial charge on any atom is -0.463 e. The van der Waals surface area contributed by atoms with Crippen LogP contribution >= 0.6 is 11.8 Å². The molecule has 1 aliphatic rings. The van der Waals surface area contributed by atoms with Gasteiger partial charge in [-0.1, -0.05) is 23.9 Å². The SMILES string of the molecule is CCOC(=O)C1=C(CSC(=N)N)N=C(C)C(C(=O)OC(C)(C)C)C1c1cccc([N+](=O)[O-])c1. The Morgan fingerprint density at radius 3 is 2.55 bits per heavy atom. The number of ether oxygens (including phenoxy) is 2. The molecule has 2 atom stereocenters. The van der Waals surface area contributed by atoms with Crippen molar-refractivity contribution in [2.45, 2.75) is 46.1 Å². The van der Waals surface area contributed by atoms with E-state index in [0.29, 0.717) is 17.0 Å². The van der Waals surface area contributed by atoms with Crippen molar-refractivity contribution >= 4 is 40.3 Å². The molecule has 0 saturated heterocycles. The van der Waals surface area contributed by atoms with Crippen LogP contribution in [-0.2, 0) is 19.1 Å². The number of aliphatic imine (C=N–C) groups is 1. The highest BCUT2D eigenvalue weighted by molar-refractivity contribution is 8.13. The summed E-state index contributed by atoms with van der Waals surface area (Å²) in [5.74, 6) is -3.15. The second-order valence-corrected chi connectivity index (χ2v) is 9.35. The van der Waals surface area contributed by atoms with Crippen LogP contribution in [0.15, 0.2) is 40.5 Å². The third-order valence-electron chi connectivity index (χ3n) is 4.68. The molecule has 0 fully saturated rings. The van der Waals surface area contributed by atoms with Crippen molar-refractivity contribution in [3.63, 3.8) is 0 Å². The van der Waals surface area contributed by atoms with E-state index in [2.05, 4.69) is 4.99 Å². The average Bonchev–Trinajstić information content (AvgIpc) is 2.70. The summed E-state index contributed by atoms with van der Waals surface area (Å²) in [6, 6.07) is 5.77. The molecule has 0 saturated carbocycles. The fourth-order valence-electron chi connectivity index (χ4n) is 3.50. The van der Waals surface area contributed by atoms with Gasteiger partial charge in [-0.05, 0) is 40.2 Å². The normalized spacial score (nSPS) is 18.4. The van der Waals surface area contributed by atoms with Crippen LogP contribution in [-0.4, -0.2) is 45.7 Å². The maximum Gasteiger partial charge on any atom is 0.336 e. The zero-order valence-corrected chi connectivity index (χ0v) is 20.0. The van der Waals surface area contributed by atoms with Crippen LogP contribution in [0.25, 0.3) is 0 Å². The third kappa shape index (κ3) is 6.64. The van der Waals surface area contributed by atoms with Crippen molar-refractivity contribution in [2.75, 3.05) is 12.4 Å².